The zero-order valence-electron chi connectivity index (χ0n) is 25.3. The Kier molecular flexibility index (Phi) is 7.81. The summed E-state index contributed by atoms with van der Waals surface area (Å²) in [4.78, 5) is 0. The molecular weight excluding hydrogens is 488 g/mol. The summed E-state index contributed by atoms with van der Waals surface area (Å²) >= 11 is 0. The van der Waals surface area contributed by atoms with Crippen molar-refractivity contribution >= 4 is 5.57 Å². The van der Waals surface area contributed by atoms with Crippen LogP contribution in [0.4, 0.5) is 0 Å². The number of allylic oxidation sites excluding steroid dienone is 1. The summed E-state index contributed by atoms with van der Waals surface area (Å²) in [6.45, 7) is 9.93. The second kappa shape index (κ2) is 11.1. The largest absolute Gasteiger partial charge is 0.393 e. The molecule has 0 bridgehead atoms. The molecule has 0 aromatic heterocycles. The highest BCUT2D eigenvalue weighted by atomic mass is 16.3. The summed E-state index contributed by atoms with van der Waals surface area (Å²) in [6.07, 6.45) is 12.4. The highest BCUT2D eigenvalue weighted by Crippen LogP contribution is 2.69. The van der Waals surface area contributed by atoms with Crippen LogP contribution in [0.25, 0.3) is 5.57 Å². The van der Waals surface area contributed by atoms with E-state index in [9.17, 15) is 10.2 Å². The molecule has 2 aromatic rings. The van der Waals surface area contributed by atoms with Gasteiger partial charge in [-0.3, -0.25) is 0 Å². The summed E-state index contributed by atoms with van der Waals surface area (Å²) in [5.41, 5.74) is 4.53. The number of aliphatic hydroxyl groups is 2. The zero-order chi connectivity index (χ0) is 28.1. The van der Waals surface area contributed by atoms with E-state index in [1.807, 2.05) is 0 Å². The monoisotopic (exact) mass is 540 g/mol. The first-order chi connectivity index (χ1) is 19.3. The van der Waals surface area contributed by atoms with Gasteiger partial charge in [0.15, 0.2) is 0 Å². The molecule has 216 valence electrons. The second-order valence-electron chi connectivity index (χ2n) is 14.7. The molecule has 4 saturated carbocycles. The van der Waals surface area contributed by atoms with Gasteiger partial charge in [0, 0.05) is 0 Å². The molecule has 0 radical (unpaired) electrons. The number of aliphatic hydroxyl groups excluding tert-OH is 2. The van der Waals surface area contributed by atoms with Gasteiger partial charge >= 0.3 is 0 Å². The Morgan fingerprint density at radius 3 is 2.05 bits per heavy atom. The van der Waals surface area contributed by atoms with Gasteiger partial charge in [-0.05, 0) is 120 Å². The molecule has 6 rings (SSSR count). The maximum absolute atomic E-state index is 12.0. The quantitative estimate of drug-likeness (QED) is 0.384. The number of fused-ring (bicyclic) bond motifs is 5. The third-order valence-corrected chi connectivity index (χ3v) is 13.0. The molecule has 2 N–H and O–H groups in total. The van der Waals surface area contributed by atoms with Crippen LogP contribution in [-0.4, -0.2) is 22.4 Å². The molecular formula is C38H52O2. The lowest BCUT2D eigenvalue weighted by molar-refractivity contribution is -0.203. The highest BCUT2D eigenvalue weighted by Gasteiger charge is 2.64. The lowest BCUT2D eigenvalue weighted by atomic mass is 9.41. The molecule has 0 saturated heterocycles. The third kappa shape index (κ3) is 4.62. The van der Waals surface area contributed by atoms with Crippen LogP contribution in [0.2, 0.25) is 0 Å². The van der Waals surface area contributed by atoms with Gasteiger partial charge in [-0.2, -0.15) is 0 Å². The Morgan fingerprint density at radius 1 is 0.825 bits per heavy atom. The molecule has 2 aromatic carbocycles. The lowest BCUT2D eigenvalue weighted by Gasteiger charge is -2.64. The van der Waals surface area contributed by atoms with Gasteiger partial charge in [-0.15, -0.1) is 0 Å². The molecule has 2 heteroatoms. The van der Waals surface area contributed by atoms with Gasteiger partial charge in [0.1, 0.15) is 0 Å². The first-order valence-corrected chi connectivity index (χ1v) is 16.4. The summed E-state index contributed by atoms with van der Waals surface area (Å²) < 4.78 is 0. The Balaban J connectivity index is 1.26. The summed E-state index contributed by atoms with van der Waals surface area (Å²) in [6, 6.07) is 21.8. The predicted octanol–water partition coefficient (Wildman–Crippen LogP) is 8.77. The van der Waals surface area contributed by atoms with E-state index in [0.717, 1.165) is 32.1 Å². The van der Waals surface area contributed by atoms with Crippen molar-refractivity contribution in [3.63, 3.8) is 0 Å². The van der Waals surface area contributed by atoms with E-state index in [2.05, 4.69) is 94.4 Å². The molecule has 0 heterocycles. The Morgan fingerprint density at radius 2 is 1.43 bits per heavy atom. The van der Waals surface area contributed by atoms with Gasteiger partial charge in [0.25, 0.3) is 0 Å². The molecule has 4 aliphatic carbocycles. The van der Waals surface area contributed by atoms with Crippen LogP contribution in [0.15, 0.2) is 66.7 Å². The van der Waals surface area contributed by atoms with Gasteiger partial charge in [-0.25, -0.2) is 0 Å². The normalized spacial score (nSPS) is 41.4. The lowest BCUT2D eigenvalue weighted by Crippen LogP contribution is -2.62. The maximum Gasteiger partial charge on any atom is 0.0605 e. The number of rotatable bonds is 6. The predicted molar refractivity (Wildman–Crippen MR) is 166 cm³/mol. The molecule has 0 amide bonds. The highest BCUT2D eigenvalue weighted by molar-refractivity contribution is 5.79. The Bertz CT molecular complexity index is 1130. The first kappa shape index (κ1) is 28.2. The molecule has 3 unspecified atom stereocenters. The van der Waals surface area contributed by atoms with Crippen molar-refractivity contribution in [2.45, 2.75) is 97.7 Å². The molecule has 2 nitrogen and oxygen atoms in total. The number of benzene rings is 2. The van der Waals surface area contributed by atoms with Crippen molar-refractivity contribution in [1.82, 2.24) is 0 Å². The topological polar surface area (TPSA) is 40.5 Å². The van der Waals surface area contributed by atoms with Gasteiger partial charge in [0.2, 0.25) is 0 Å². The molecule has 0 spiro atoms. The van der Waals surface area contributed by atoms with Gasteiger partial charge < -0.3 is 10.2 Å². The molecule has 4 fully saturated rings. The van der Waals surface area contributed by atoms with Crippen molar-refractivity contribution < 1.29 is 10.2 Å². The second-order valence-corrected chi connectivity index (χ2v) is 14.7. The minimum atomic E-state index is -0.209. The van der Waals surface area contributed by atoms with Gasteiger partial charge in [0.05, 0.1) is 12.2 Å². The number of hydrogen-bond acceptors (Lipinski definition) is 2. The summed E-state index contributed by atoms with van der Waals surface area (Å²) in [5.74, 6) is 3.78. The smallest absolute Gasteiger partial charge is 0.0605 e. The summed E-state index contributed by atoms with van der Waals surface area (Å²) in [7, 11) is 0. The van der Waals surface area contributed by atoms with Crippen molar-refractivity contribution in [2.24, 2.45) is 52.3 Å². The third-order valence-electron chi connectivity index (χ3n) is 13.0. The van der Waals surface area contributed by atoms with Crippen LogP contribution in [-0.2, 0) is 0 Å². The minimum Gasteiger partial charge on any atom is -0.393 e. The first-order valence-electron chi connectivity index (χ1n) is 16.4. The maximum atomic E-state index is 12.0. The molecule has 40 heavy (non-hydrogen) atoms. The van der Waals surface area contributed by atoms with Crippen molar-refractivity contribution in [3.8, 4) is 0 Å². The fourth-order valence-corrected chi connectivity index (χ4v) is 11.0. The number of hydrogen-bond donors (Lipinski definition) is 2. The van der Waals surface area contributed by atoms with Crippen LogP contribution >= 0.6 is 0 Å². The SMILES string of the molecule is CC[C@@H]1C2C[C@H](O)CC[C@]2(C)[C@H]2CC[C@@]3(C)C(CC[C@@H]3[C@H](C)CC=C(c3ccccc3)c3ccccc3)C2[C@@H]1O. The Hall–Kier alpha value is -1.90. The van der Waals surface area contributed by atoms with Crippen molar-refractivity contribution in [3.05, 3.63) is 77.9 Å². The minimum absolute atomic E-state index is 0.175. The van der Waals surface area contributed by atoms with Crippen molar-refractivity contribution in [2.75, 3.05) is 0 Å². The van der Waals surface area contributed by atoms with E-state index in [4.69, 9.17) is 0 Å². The van der Waals surface area contributed by atoms with Crippen molar-refractivity contribution in [1.29, 1.82) is 0 Å². The Labute approximate surface area is 243 Å². The standard InChI is InChI=1S/C38H52O2/c1-5-29-34-24-28(39)20-22-38(34,4)33-21-23-37(3)31(18-19-32(37)35(33)36(29)40)25(2)16-17-30(26-12-8-6-9-13-26)27-14-10-7-11-15-27/h6-15,17,25,28-29,31-36,39-40H,5,16,18-24H2,1-4H3/t25-,28-,29-,31-,32?,33+,34?,35?,36-,37-,38-/m1/s1. The van der Waals surface area contributed by atoms with E-state index >= 15 is 0 Å². The van der Waals surface area contributed by atoms with Crippen LogP contribution in [0.3, 0.4) is 0 Å². The van der Waals surface area contributed by atoms with Crippen LogP contribution in [0.5, 0.6) is 0 Å². The van der Waals surface area contributed by atoms with Crippen LogP contribution in [0.1, 0.15) is 96.6 Å². The van der Waals surface area contributed by atoms with E-state index in [1.54, 1.807) is 0 Å². The summed E-state index contributed by atoms with van der Waals surface area (Å²) in [5, 5.41) is 22.6. The van der Waals surface area contributed by atoms with E-state index in [1.165, 1.54) is 42.4 Å². The van der Waals surface area contributed by atoms with E-state index < -0.39 is 0 Å². The van der Waals surface area contributed by atoms with E-state index in [-0.39, 0.29) is 17.6 Å². The molecule has 11 atom stereocenters. The molecule has 0 aliphatic heterocycles. The van der Waals surface area contributed by atoms with Crippen LogP contribution in [0, 0.1) is 52.3 Å². The molecule has 4 aliphatic rings. The average molecular weight is 541 g/mol. The fraction of sp³-hybridized carbons (Fsp3) is 0.632. The van der Waals surface area contributed by atoms with Gasteiger partial charge in [-0.1, -0.05) is 101 Å². The fourth-order valence-electron chi connectivity index (χ4n) is 11.0. The average Bonchev–Trinajstić information content (AvgIpc) is 3.32. The van der Waals surface area contributed by atoms with E-state index in [0.29, 0.717) is 46.8 Å². The zero-order valence-corrected chi connectivity index (χ0v) is 25.3. The van der Waals surface area contributed by atoms with Crippen LogP contribution < -0.4 is 0 Å².